The van der Waals surface area contributed by atoms with Gasteiger partial charge in [-0.05, 0) is 69.0 Å². The van der Waals surface area contributed by atoms with Gasteiger partial charge in [0, 0.05) is 22.6 Å². The summed E-state index contributed by atoms with van der Waals surface area (Å²) in [5.74, 6) is -0.196. The Morgan fingerprint density at radius 3 is 1.57 bits per heavy atom. The van der Waals surface area contributed by atoms with E-state index in [-0.39, 0.29) is 11.8 Å². The number of halogens is 2. The van der Waals surface area contributed by atoms with Gasteiger partial charge in [0.25, 0.3) is 0 Å². The summed E-state index contributed by atoms with van der Waals surface area (Å²) < 4.78 is 2.05. The fourth-order valence-corrected chi connectivity index (χ4v) is 4.76. The Hall–Kier alpha value is -1.36. The van der Waals surface area contributed by atoms with Gasteiger partial charge in [-0.3, -0.25) is 9.59 Å². The van der Waals surface area contributed by atoms with Gasteiger partial charge in [-0.2, -0.15) is 10.2 Å². The van der Waals surface area contributed by atoms with Crippen molar-refractivity contribution in [1.29, 1.82) is 0 Å². The minimum absolute atomic E-state index is 0.0980. The monoisotopic (exact) mass is 546 g/mol. The zero-order valence-electron chi connectivity index (χ0n) is 15.0. The summed E-state index contributed by atoms with van der Waals surface area (Å²) in [6, 6.07) is 7.72. The lowest BCUT2D eigenvalue weighted by Gasteiger charge is -2.01. The lowest BCUT2D eigenvalue weighted by atomic mass is 10.1. The zero-order chi connectivity index (χ0) is 20.2. The average molecular weight is 548 g/mol. The summed E-state index contributed by atoms with van der Waals surface area (Å²) in [6.07, 6.45) is 7.47. The van der Waals surface area contributed by atoms with Crippen molar-refractivity contribution in [3.05, 3.63) is 41.6 Å². The molecule has 10 heteroatoms. The number of carbonyl (C=O) groups is 2. The van der Waals surface area contributed by atoms with Gasteiger partial charge in [-0.25, -0.2) is 10.9 Å². The number of hydrogen-bond donors (Lipinski definition) is 2. The molecule has 0 atom stereocenters. The normalized spacial score (nSPS) is 11.4. The fourth-order valence-electron chi connectivity index (χ4n) is 2.17. The van der Waals surface area contributed by atoms with Crippen LogP contribution >= 0.6 is 54.5 Å². The Labute approximate surface area is 188 Å². The lowest BCUT2D eigenvalue weighted by molar-refractivity contribution is -0.122. The molecule has 2 aromatic rings. The van der Waals surface area contributed by atoms with Crippen molar-refractivity contribution >= 4 is 78.8 Å². The number of nitrogens with zero attached hydrogens (tertiary/aromatic N) is 2. The molecule has 150 valence electrons. The van der Waals surface area contributed by atoms with Crippen LogP contribution in [0.2, 0.25) is 0 Å². The molecule has 0 aliphatic heterocycles. The van der Waals surface area contributed by atoms with E-state index >= 15 is 0 Å². The molecule has 0 bridgehead atoms. The Kier molecular flexibility index (Phi) is 10.6. The van der Waals surface area contributed by atoms with Gasteiger partial charge in [-0.1, -0.05) is 12.8 Å². The van der Waals surface area contributed by atoms with Crippen LogP contribution in [0.3, 0.4) is 0 Å². The van der Waals surface area contributed by atoms with Gasteiger partial charge in [0.1, 0.15) is 0 Å². The fraction of sp³-hybridized carbons (Fsp3) is 0.333. The Balaban J connectivity index is 1.47. The Bertz CT molecular complexity index is 765. The predicted octanol–water partition coefficient (Wildman–Crippen LogP) is 5.28. The standard InChI is InChI=1S/C18H20Br2N4O2S2/c19-15-9-7-13(27-15)11-21-23-17(25)5-3-1-2-4-6-18(26)24-22-12-14-8-10-16(20)28-14/h7-12H,1-6H2,(H,23,25)(H,24,26)/b21-11+,22-12+. The summed E-state index contributed by atoms with van der Waals surface area (Å²) in [7, 11) is 0. The van der Waals surface area contributed by atoms with Gasteiger partial charge in [0.15, 0.2) is 0 Å². The molecule has 0 aliphatic carbocycles. The molecule has 2 heterocycles. The van der Waals surface area contributed by atoms with E-state index in [9.17, 15) is 9.59 Å². The first-order valence-corrected chi connectivity index (χ1v) is 11.9. The molecular formula is C18H20Br2N4O2S2. The molecule has 28 heavy (non-hydrogen) atoms. The van der Waals surface area contributed by atoms with E-state index in [4.69, 9.17) is 0 Å². The smallest absolute Gasteiger partial charge is 0.240 e. The zero-order valence-corrected chi connectivity index (χ0v) is 19.8. The molecule has 0 aliphatic rings. The molecule has 0 saturated carbocycles. The van der Waals surface area contributed by atoms with E-state index in [1.807, 2.05) is 24.3 Å². The number of amides is 2. The van der Waals surface area contributed by atoms with E-state index in [1.54, 1.807) is 35.1 Å². The van der Waals surface area contributed by atoms with Gasteiger partial charge in [-0.15, -0.1) is 22.7 Å². The summed E-state index contributed by atoms with van der Waals surface area (Å²) in [5, 5.41) is 7.88. The SMILES string of the molecule is O=C(CCCCCCC(=O)N/N=C/c1ccc(Br)s1)N/N=C/c1ccc(Br)s1. The molecule has 0 radical (unpaired) electrons. The molecule has 2 aromatic heterocycles. The molecule has 0 unspecified atom stereocenters. The Morgan fingerprint density at radius 2 is 1.21 bits per heavy atom. The number of hydrazone groups is 2. The molecule has 2 amide bonds. The highest BCUT2D eigenvalue weighted by Gasteiger charge is 2.02. The maximum absolute atomic E-state index is 11.7. The second-order valence-corrected chi connectivity index (χ2v) is 10.8. The number of rotatable bonds is 11. The van der Waals surface area contributed by atoms with E-state index in [2.05, 4.69) is 52.9 Å². The van der Waals surface area contributed by atoms with Gasteiger partial charge >= 0.3 is 0 Å². The van der Waals surface area contributed by atoms with Crippen molar-refractivity contribution in [2.45, 2.75) is 38.5 Å². The van der Waals surface area contributed by atoms with Crippen LogP contribution in [0.25, 0.3) is 0 Å². The van der Waals surface area contributed by atoms with Crippen LogP contribution in [0, 0.1) is 0 Å². The molecular weight excluding hydrogens is 528 g/mol. The van der Waals surface area contributed by atoms with Crippen LogP contribution in [0.4, 0.5) is 0 Å². The predicted molar refractivity (Wildman–Crippen MR) is 123 cm³/mol. The third-order valence-electron chi connectivity index (χ3n) is 3.51. The highest BCUT2D eigenvalue weighted by Crippen LogP contribution is 2.21. The maximum Gasteiger partial charge on any atom is 0.240 e. The number of hydrogen-bond acceptors (Lipinski definition) is 6. The average Bonchev–Trinajstić information content (AvgIpc) is 3.26. The van der Waals surface area contributed by atoms with Crippen molar-refractivity contribution in [1.82, 2.24) is 10.9 Å². The topological polar surface area (TPSA) is 82.9 Å². The van der Waals surface area contributed by atoms with Crippen molar-refractivity contribution in [3.63, 3.8) is 0 Å². The van der Waals surface area contributed by atoms with Crippen molar-refractivity contribution in [2.75, 3.05) is 0 Å². The largest absolute Gasteiger partial charge is 0.273 e. The highest BCUT2D eigenvalue weighted by molar-refractivity contribution is 9.11. The van der Waals surface area contributed by atoms with Gasteiger partial charge in [0.05, 0.1) is 20.0 Å². The summed E-state index contributed by atoms with van der Waals surface area (Å²) in [5.41, 5.74) is 5.05. The first-order valence-electron chi connectivity index (χ1n) is 8.67. The van der Waals surface area contributed by atoms with Crippen LogP contribution in [0.15, 0.2) is 42.0 Å². The lowest BCUT2D eigenvalue weighted by Crippen LogP contribution is -2.17. The minimum atomic E-state index is -0.0980. The minimum Gasteiger partial charge on any atom is -0.273 e. The molecule has 2 N–H and O–H groups in total. The van der Waals surface area contributed by atoms with Crippen LogP contribution < -0.4 is 10.9 Å². The number of unbranched alkanes of at least 4 members (excludes halogenated alkanes) is 3. The second kappa shape index (κ2) is 13.0. The third kappa shape index (κ3) is 9.72. The van der Waals surface area contributed by atoms with Crippen LogP contribution in [0.1, 0.15) is 48.3 Å². The quantitative estimate of drug-likeness (QED) is 0.228. The van der Waals surface area contributed by atoms with E-state index < -0.39 is 0 Å². The third-order valence-corrected chi connectivity index (χ3v) is 6.62. The van der Waals surface area contributed by atoms with Crippen LogP contribution in [0.5, 0.6) is 0 Å². The first kappa shape index (κ1) is 22.9. The molecule has 0 fully saturated rings. The highest BCUT2D eigenvalue weighted by atomic mass is 79.9. The number of thiophene rings is 2. The molecule has 0 spiro atoms. The van der Waals surface area contributed by atoms with Gasteiger partial charge in [0.2, 0.25) is 11.8 Å². The summed E-state index contributed by atoms with van der Waals surface area (Å²) >= 11 is 9.84. The molecule has 0 aromatic carbocycles. The maximum atomic E-state index is 11.7. The van der Waals surface area contributed by atoms with E-state index in [0.29, 0.717) is 12.8 Å². The van der Waals surface area contributed by atoms with Crippen LogP contribution in [-0.4, -0.2) is 24.2 Å². The van der Waals surface area contributed by atoms with E-state index in [0.717, 1.165) is 43.0 Å². The van der Waals surface area contributed by atoms with Crippen molar-refractivity contribution in [3.8, 4) is 0 Å². The Morgan fingerprint density at radius 1 is 0.786 bits per heavy atom. The summed E-state index contributed by atoms with van der Waals surface area (Å²) in [6.45, 7) is 0. The molecule has 6 nitrogen and oxygen atoms in total. The van der Waals surface area contributed by atoms with Crippen LogP contribution in [-0.2, 0) is 9.59 Å². The van der Waals surface area contributed by atoms with Gasteiger partial charge < -0.3 is 0 Å². The molecule has 0 saturated heterocycles. The van der Waals surface area contributed by atoms with E-state index in [1.165, 1.54) is 0 Å². The summed E-state index contributed by atoms with van der Waals surface area (Å²) in [4.78, 5) is 25.3. The first-order chi connectivity index (χ1) is 13.5. The number of nitrogens with one attached hydrogen (secondary N) is 2. The van der Waals surface area contributed by atoms with Crippen molar-refractivity contribution in [2.24, 2.45) is 10.2 Å². The second-order valence-electron chi connectivity index (χ2n) is 5.78. The number of carbonyl (C=O) groups excluding carboxylic acids is 2. The van der Waals surface area contributed by atoms with Crippen molar-refractivity contribution < 1.29 is 9.59 Å². The molecule has 2 rings (SSSR count).